The molecular formula is C22H24N4O. The molecule has 0 bridgehead atoms. The van der Waals surface area contributed by atoms with E-state index in [1.165, 1.54) is 0 Å². The van der Waals surface area contributed by atoms with Gasteiger partial charge < -0.3 is 11.1 Å². The number of carbonyl (C=O) groups excluding carboxylic acids is 1. The lowest BCUT2D eigenvalue weighted by Crippen LogP contribution is -2.38. The second-order valence-corrected chi connectivity index (χ2v) is 7.20. The molecule has 0 saturated heterocycles. The van der Waals surface area contributed by atoms with Crippen molar-refractivity contribution >= 4 is 5.91 Å². The van der Waals surface area contributed by atoms with E-state index < -0.39 is 0 Å². The Hall–Kier alpha value is -2.92. The number of aromatic nitrogens is 2. The number of amides is 1. The highest BCUT2D eigenvalue weighted by molar-refractivity contribution is 6.00. The maximum absolute atomic E-state index is 12.9. The molecule has 1 saturated carbocycles. The fourth-order valence-corrected chi connectivity index (χ4v) is 3.29. The van der Waals surface area contributed by atoms with E-state index in [4.69, 9.17) is 10.8 Å². The molecule has 0 aliphatic heterocycles. The van der Waals surface area contributed by atoms with Gasteiger partial charge in [0.05, 0.1) is 11.3 Å². The first-order valence-electron chi connectivity index (χ1n) is 9.38. The van der Waals surface area contributed by atoms with Crippen molar-refractivity contribution < 1.29 is 4.79 Å². The Bertz CT molecular complexity index is 944. The van der Waals surface area contributed by atoms with Crippen LogP contribution in [0.1, 0.15) is 28.8 Å². The third-order valence-corrected chi connectivity index (χ3v) is 5.11. The van der Waals surface area contributed by atoms with Gasteiger partial charge in [-0.25, -0.2) is 4.68 Å². The second kappa shape index (κ2) is 7.37. The van der Waals surface area contributed by atoms with E-state index in [2.05, 4.69) is 5.32 Å². The van der Waals surface area contributed by atoms with E-state index in [1.54, 1.807) is 10.9 Å². The molecule has 1 atom stereocenters. The van der Waals surface area contributed by atoms with E-state index in [-0.39, 0.29) is 11.9 Å². The van der Waals surface area contributed by atoms with Gasteiger partial charge in [0.25, 0.3) is 5.91 Å². The fraction of sp³-hybridized carbons (Fsp3) is 0.273. The number of nitrogens with zero attached hydrogens (tertiary/aromatic N) is 2. The summed E-state index contributed by atoms with van der Waals surface area (Å²) in [6.07, 6.45) is 4.13. The maximum Gasteiger partial charge on any atom is 0.255 e. The minimum Gasteiger partial charge on any atom is -0.350 e. The van der Waals surface area contributed by atoms with Gasteiger partial charge in [0.1, 0.15) is 5.69 Å². The molecule has 3 aromatic rings. The van der Waals surface area contributed by atoms with Gasteiger partial charge in [-0.15, -0.1) is 0 Å². The molecule has 3 N–H and O–H groups in total. The largest absolute Gasteiger partial charge is 0.350 e. The standard InChI is InChI=1S/C22H24N4O/c1-15-7-5-6-10-18(15)21-19(22(27)24-13-20(23)16-11-12-16)14-26(25-21)17-8-3-2-4-9-17/h2-10,14,16,20H,11-13,23H2,1H3,(H,24,27). The highest BCUT2D eigenvalue weighted by Crippen LogP contribution is 2.31. The molecule has 1 aromatic heterocycles. The van der Waals surface area contributed by atoms with Gasteiger partial charge in [0, 0.05) is 24.3 Å². The Morgan fingerprint density at radius 3 is 2.59 bits per heavy atom. The summed E-state index contributed by atoms with van der Waals surface area (Å²) in [6.45, 7) is 2.52. The highest BCUT2D eigenvalue weighted by Gasteiger charge is 2.29. The first-order chi connectivity index (χ1) is 13.1. The minimum atomic E-state index is -0.133. The predicted molar refractivity (Wildman–Crippen MR) is 107 cm³/mol. The highest BCUT2D eigenvalue weighted by atomic mass is 16.1. The normalized spacial score (nSPS) is 14.7. The summed E-state index contributed by atoms with van der Waals surface area (Å²) in [5.41, 5.74) is 10.4. The summed E-state index contributed by atoms with van der Waals surface area (Å²) in [5, 5.41) is 7.73. The van der Waals surface area contributed by atoms with Crippen LogP contribution in [0.2, 0.25) is 0 Å². The molecule has 138 valence electrons. The lowest BCUT2D eigenvalue weighted by atomic mass is 10.0. The lowest BCUT2D eigenvalue weighted by molar-refractivity contribution is 0.0951. The van der Waals surface area contributed by atoms with E-state index in [1.807, 2.05) is 61.5 Å². The van der Waals surface area contributed by atoms with E-state index in [0.717, 1.165) is 29.7 Å². The summed E-state index contributed by atoms with van der Waals surface area (Å²) in [5.74, 6) is 0.416. The third kappa shape index (κ3) is 3.78. The van der Waals surface area contributed by atoms with Crippen molar-refractivity contribution in [2.24, 2.45) is 11.7 Å². The van der Waals surface area contributed by atoms with Gasteiger partial charge in [-0.1, -0.05) is 42.5 Å². The van der Waals surface area contributed by atoms with Crippen LogP contribution in [0.25, 0.3) is 16.9 Å². The summed E-state index contributed by atoms with van der Waals surface area (Å²) in [7, 11) is 0. The number of hydrogen-bond acceptors (Lipinski definition) is 3. The Morgan fingerprint density at radius 1 is 1.19 bits per heavy atom. The molecule has 0 radical (unpaired) electrons. The van der Waals surface area contributed by atoms with Gasteiger partial charge in [0.15, 0.2) is 0 Å². The topological polar surface area (TPSA) is 72.9 Å². The fourth-order valence-electron chi connectivity index (χ4n) is 3.29. The number of para-hydroxylation sites is 1. The summed E-state index contributed by atoms with van der Waals surface area (Å²) < 4.78 is 1.76. The maximum atomic E-state index is 12.9. The Kier molecular flexibility index (Phi) is 4.77. The van der Waals surface area contributed by atoms with Crippen LogP contribution in [-0.4, -0.2) is 28.3 Å². The zero-order valence-electron chi connectivity index (χ0n) is 15.4. The molecule has 5 heteroatoms. The van der Waals surface area contributed by atoms with Gasteiger partial charge in [0.2, 0.25) is 0 Å². The van der Waals surface area contributed by atoms with Crippen molar-refractivity contribution in [2.75, 3.05) is 6.54 Å². The van der Waals surface area contributed by atoms with Crippen LogP contribution in [0, 0.1) is 12.8 Å². The summed E-state index contributed by atoms with van der Waals surface area (Å²) in [6, 6.07) is 17.8. The molecule has 1 aliphatic carbocycles. The molecule has 0 spiro atoms. The van der Waals surface area contributed by atoms with Crippen LogP contribution >= 0.6 is 0 Å². The number of benzene rings is 2. The van der Waals surface area contributed by atoms with Crippen molar-refractivity contribution in [3.05, 3.63) is 71.9 Å². The Morgan fingerprint density at radius 2 is 1.89 bits per heavy atom. The molecule has 4 rings (SSSR count). The van der Waals surface area contributed by atoms with Crippen molar-refractivity contribution in [3.63, 3.8) is 0 Å². The first-order valence-corrected chi connectivity index (χ1v) is 9.38. The van der Waals surface area contributed by atoms with Crippen LogP contribution in [0.5, 0.6) is 0 Å². The average molecular weight is 360 g/mol. The van der Waals surface area contributed by atoms with Crippen LogP contribution in [0.15, 0.2) is 60.8 Å². The molecule has 27 heavy (non-hydrogen) atoms. The molecule has 1 unspecified atom stereocenters. The molecule has 1 amide bonds. The number of rotatable bonds is 6. The zero-order valence-corrected chi connectivity index (χ0v) is 15.4. The summed E-state index contributed by atoms with van der Waals surface area (Å²) in [4.78, 5) is 12.9. The Labute approximate surface area is 159 Å². The number of aryl methyl sites for hydroxylation is 1. The van der Waals surface area contributed by atoms with Crippen molar-refractivity contribution in [3.8, 4) is 16.9 Å². The molecule has 5 nitrogen and oxygen atoms in total. The van der Waals surface area contributed by atoms with E-state index >= 15 is 0 Å². The SMILES string of the molecule is Cc1ccccc1-c1nn(-c2ccccc2)cc1C(=O)NCC(N)C1CC1. The monoisotopic (exact) mass is 360 g/mol. The molecule has 1 fully saturated rings. The van der Waals surface area contributed by atoms with Gasteiger partial charge in [-0.05, 0) is 43.4 Å². The zero-order chi connectivity index (χ0) is 18.8. The molecular weight excluding hydrogens is 336 g/mol. The van der Waals surface area contributed by atoms with Gasteiger partial charge in [-0.3, -0.25) is 4.79 Å². The molecule has 2 aromatic carbocycles. The number of hydrogen-bond donors (Lipinski definition) is 2. The van der Waals surface area contributed by atoms with E-state index in [9.17, 15) is 4.79 Å². The summed E-state index contributed by atoms with van der Waals surface area (Å²) >= 11 is 0. The van der Waals surface area contributed by atoms with Crippen LogP contribution in [-0.2, 0) is 0 Å². The first kappa shape index (κ1) is 17.5. The van der Waals surface area contributed by atoms with Crippen LogP contribution < -0.4 is 11.1 Å². The molecule has 1 heterocycles. The van der Waals surface area contributed by atoms with E-state index in [0.29, 0.717) is 23.7 Å². The van der Waals surface area contributed by atoms with Crippen molar-refractivity contribution in [1.29, 1.82) is 0 Å². The van der Waals surface area contributed by atoms with Crippen molar-refractivity contribution in [1.82, 2.24) is 15.1 Å². The van der Waals surface area contributed by atoms with Gasteiger partial charge >= 0.3 is 0 Å². The number of carbonyl (C=O) groups is 1. The van der Waals surface area contributed by atoms with Crippen LogP contribution in [0.3, 0.4) is 0 Å². The van der Waals surface area contributed by atoms with Gasteiger partial charge in [-0.2, -0.15) is 5.10 Å². The Balaban J connectivity index is 1.68. The van der Waals surface area contributed by atoms with Crippen LogP contribution in [0.4, 0.5) is 0 Å². The predicted octanol–water partition coefficient (Wildman–Crippen LogP) is 3.31. The third-order valence-electron chi connectivity index (χ3n) is 5.11. The average Bonchev–Trinajstić information content (AvgIpc) is 3.46. The van der Waals surface area contributed by atoms with Crippen molar-refractivity contribution in [2.45, 2.75) is 25.8 Å². The number of nitrogens with two attached hydrogens (primary N) is 1. The molecule has 1 aliphatic rings. The minimum absolute atomic E-state index is 0.0278. The second-order valence-electron chi connectivity index (χ2n) is 7.20. The number of nitrogens with one attached hydrogen (secondary N) is 1. The quantitative estimate of drug-likeness (QED) is 0.708. The smallest absolute Gasteiger partial charge is 0.255 e. The lowest BCUT2D eigenvalue weighted by Gasteiger charge is -2.11.